The first-order valence-electron chi connectivity index (χ1n) is 8.71. The van der Waals surface area contributed by atoms with Gasteiger partial charge in [0.05, 0.1) is 12.7 Å². The minimum Gasteiger partial charge on any atom is -0.394 e. The van der Waals surface area contributed by atoms with E-state index < -0.39 is 24.1 Å². The topological polar surface area (TPSA) is 103 Å². The van der Waals surface area contributed by atoms with Crippen molar-refractivity contribution in [1.82, 2.24) is 9.55 Å². The highest BCUT2D eigenvalue weighted by molar-refractivity contribution is 6.03. The number of hydrogen-bond acceptors (Lipinski definition) is 6. The number of rotatable bonds is 5. The number of anilines is 1. The highest BCUT2D eigenvalue weighted by Crippen LogP contribution is 2.35. The van der Waals surface area contributed by atoms with E-state index in [4.69, 9.17) is 9.47 Å². The van der Waals surface area contributed by atoms with Crippen LogP contribution in [0.25, 0.3) is 0 Å². The van der Waals surface area contributed by atoms with Crippen LogP contribution in [0.2, 0.25) is 0 Å². The van der Waals surface area contributed by atoms with Crippen molar-refractivity contribution in [2.45, 2.75) is 32.3 Å². The highest BCUT2D eigenvalue weighted by Gasteiger charge is 2.43. The average Bonchev–Trinajstić information content (AvgIpc) is 3.00. The second kappa shape index (κ2) is 7.99. The first kappa shape index (κ1) is 19.2. The number of aryl methyl sites for hydroxylation is 1. The number of benzene rings is 1. The van der Waals surface area contributed by atoms with Gasteiger partial charge in [0.1, 0.15) is 11.9 Å². The zero-order valence-electron chi connectivity index (χ0n) is 15.5. The molecule has 1 unspecified atom stereocenters. The summed E-state index contributed by atoms with van der Waals surface area (Å²) in [6.45, 7) is 3.48. The molecule has 0 saturated carbocycles. The summed E-state index contributed by atoms with van der Waals surface area (Å²) in [4.78, 5) is 28.9. The fourth-order valence-corrected chi connectivity index (χ4v) is 3.26. The Balaban J connectivity index is 1.87. The zero-order chi connectivity index (χ0) is 19.6. The number of carbonyl (C=O) groups is 1. The van der Waals surface area contributed by atoms with Gasteiger partial charge in [-0.2, -0.15) is 4.98 Å². The van der Waals surface area contributed by atoms with E-state index in [1.807, 2.05) is 13.0 Å². The van der Waals surface area contributed by atoms with Crippen molar-refractivity contribution < 1.29 is 19.4 Å². The quantitative estimate of drug-likeness (QED) is 0.820. The summed E-state index contributed by atoms with van der Waals surface area (Å²) < 4.78 is 12.6. The molecule has 0 radical (unpaired) electrons. The van der Waals surface area contributed by atoms with Gasteiger partial charge in [0.2, 0.25) is 0 Å². The summed E-state index contributed by atoms with van der Waals surface area (Å²) in [5, 5.41) is 12.1. The van der Waals surface area contributed by atoms with Crippen LogP contribution in [0, 0.1) is 12.8 Å². The number of amides is 1. The third kappa shape index (κ3) is 3.78. The average molecular weight is 373 g/mol. The van der Waals surface area contributed by atoms with Gasteiger partial charge in [-0.3, -0.25) is 9.36 Å². The third-order valence-electron chi connectivity index (χ3n) is 4.83. The van der Waals surface area contributed by atoms with E-state index in [0.717, 1.165) is 0 Å². The van der Waals surface area contributed by atoms with E-state index in [-0.39, 0.29) is 24.2 Å². The van der Waals surface area contributed by atoms with Crippen LogP contribution in [-0.2, 0) is 9.47 Å². The Labute approximate surface area is 156 Å². The highest BCUT2D eigenvalue weighted by atomic mass is 16.6. The van der Waals surface area contributed by atoms with E-state index in [0.29, 0.717) is 11.1 Å². The lowest BCUT2D eigenvalue weighted by Crippen LogP contribution is -2.35. The fourth-order valence-electron chi connectivity index (χ4n) is 3.26. The monoisotopic (exact) mass is 373 g/mol. The number of aliphatic hydroxyl groups is 1. The molecule has 2 N–H and O–H groups in total. The Morgan fingerprint density at radius 1 is 1.37 bits per heavy atom. The van der Waals surface area contributed by atoms with Crippen LogP contribution < -0.4 is 11.0 Å². The molecule has 2 aromatic rings. The summed E-state index contributed by atoms with van der Waals surface area (Å²) in [5.41, 5.74) is 0.514. The van der Waals surface area contributed by atoms with Gasteiger partial charge in [-0.05, 0) is 19.1 Å². The largest absolute Gasteiger partial charge is 0.394 e. The van der Waals surface area contributed by atoms with Crippen LogP contribution in [0.1, 0.15) is 29.1 Å². The van der Waals surface area contributed by atoms with Crippen molar-refractivity contribution in [1.29, 1.82) is 0 Å². The maximum atomic E-state index is 12.6. The maximum Gasteiger partial charge on any atom is 0.351 e. The molecule has 27 heavy (non-hydrogen) atoms. The van der Waals surface area contributed by atoms with Crippen molar-refractivity contribution in [3.05, 3.63) is 58.1 Å². The molecule has 8 nitrogen and oxygen atoms in total. The second-order valence-electron chi connectivity index (χ2n) is 6.59. The number of aliphatic hydroxyl groups excluding tert-OH is 1. The number of aromatic nitrogens is 2. The number of carbonyl (C=O) groups excluding carboxylic acids is 1. The zero-order valence-corrected chi connectivity index (χ0v) is 15.5. The Morgan fingerprint density at radius 2 is 2.07 bits per heavy atom. The molecule has 0 spiro atoms. The molecule has 1 aromatic heterocycles. The summed E-state index contributed by atoms with van der Waals surface area (Å²) in [5.74, 6) is -0.234. The number of methoxy groups -OCH3 is 1. The molecular formula is C19H23N3O5. The molecule has 3 rings (SSSR count). The van der Waals surface area contributed by atoms with E-state index in [1.54, 1.807) is 37.4 Å². The normalized spacial score (nSPS) is 24.7. The lowest BCUT2D eigenvalue weighted by molar-refractivity contribution is -0.0625. The Kier molecular flexibility index (Phi) is 5.69. The SMILES string of the molecule is CO[C@H]1C(C)[C@@H](CO)O[C@H]1n1cc(C)c(NC(=O)c2ccccc2)nc1=O. The van der Waals surface area contributed by atoms with Gasteiger partial charge >= 0.3 is 5.69 Å². The molecule has 0 aliphatic carbocycles. The van der Waals surface area contributed by atoms with E-state index in [2.05, 4.69) is 10.3 Å². The van der Waals surface area contributed by atoms with Crippen LogP contribution in [0.3, 0.4) is 0 Å². The molecule has 8 heteroatoms. The maximum absolute atomic E-state index is 12.6. The number of hydrogen-bond donors (Lipinski definition) is 2. The van der Waals surface area contributed by atoms with Gasteiger partial charge < -0.3 is 19.9 Å². The number of ether oxygens (including phenoxy) is 2. The fraction of sp³-hybridized carbons (Fsp3) is 0.421. The van der Waals surface area contributed by atoms with Gasteiger partial charge in [-0.1, -0.05) is 25.1 Å². The predicted octanol–water partition coefficient (Wildman–Crippen LogP) is 1.34. The van der Waals surface area contributed by atoms with E-state index >= 15 is 0 Å². The smallest absolute Gasteiger partial charge is 0.351 e. The lowest BCUT2D eigenvalue weighted by atomic mass is 10.0. The second-order valence-corrected chi connectivity index (χ2v) is 6.59. The lowest BCUT2D eigenvalue weighted by Gasteiger charge is -2.21. The number of nitrogens with zero attached hydrogens (tertiary/aromatic N) is 2. The van der Waals surface area contributed by atoms with Crippen LogP contribution >= 0.6 is 0 Å². The molecule has 1 aliphatic rings. The summed E-state index contributed by atoms with van der Waals surface area (Å²) in [6.07, 6.45) is 0.0641. The summed E-state index contributed by atoms with van der Waals surface area (Å²) in [6, 6.07) is 8.69. The van der Waals surface area contributed by atoms with Gasteiger partial charge in [0.25, 0.3) is 5.91 Å². The summed E-state index contributed by atoms with van der Waals surface area (Å²) >= 11 is 0. The molecule has 2 heterocycles. The van der Waals surface area contributed by atoms with Crippen molar-refractivity contribution in [2.75, 3.05) is 19.0 Å². The Bertz CT molecular complexity index is 867. The van der Waals surface area contributed by atoms with Crippen molar-refractivity contribution >= 4 is 11.7 Å². The summed E-state index contributed by atoms with van der Waals surface area (Å²) in [7, 11) is 1.54. The van der Waals surface area contributed by atoms with Crippen LogP contribution in [0.15, 0.2) is 41.3 Å². The van der Waals surface area contributed by atoms with Crippen LogP contribution in [-0.4, -0.2) is 46.5 Å². The van der Waals surface area contributed by atoms with Gasteiger partial charge in [-0.15, -0.1) is 0 Å². The third-order valence-corrected chi connectivity index (χ3v) is 4.83. The predicted molar refractivity (Wildman–Crippen MR) is 98.6 cm³/mol. The molecule has 1 aliphatic heterocycles. The molecule has 4 atom stereocenters. The minimum atomic E-state index is -0.695. The Hall–Kier alpha value is -2.55. The van der Waals surface area contributed by atoms with E-state index in [1.165, 1.54) is 11.7 Å². The molecule has 1 fully saturated rings. The van der Waals surface area contributed by atoms with Crippen molar-refractivity contribution in [3.63, 3.8) is 0 Å². The molecule has 0 bridgehead atoms. The van der Waals surface area contributed by atoms with Gasteiger partial charge in [-0.25, -0.2) is 4.79 Å². The van der Waals surface area contributed by atoms with Gasteiger partial charge in [0, 0.05) is 30.4 Å². The van der Waals surface area contributed by atoms with Gasteiger partial charge in [0.15, 0.2) is 6.23 Å². The first-order chi connectivity index (χ1) is 13.0. The first-order valence-corrected chi connectivity index (χ1v) is 8.71. The molecule has 144 valence electrons. The molecule has 1 amide bonds. The standard InChI is InChI=1S/C19H23N3O5/c1-11-9-22(18-15(26-3)12(2)14(10-23)27-18)19(25)21-16(11)20-17(24)13-7-5-4-6-8-13/h4-9,12,14-15,18,23H,10H2,1-3H3,(H,20,21,24,25)/t12?,14-,15+,18-/m1/s1. The van der Waals surface area contributed by atoms with Crippen LogP contribution in [0.5, 0.6) is 0 Å². The Morgan fingerprint density at radius 3 is 2.70 bits per heavy atom. The number of nitrogens with one attached hydrogen (secondary N) is 1. The molecular weight excluding hydrogens is 350 g/mol. The molecule has 1 saturated heterocycles. The molecule has 1 aromatic carbocycles. The minimum absolute atomic E-state index is 0.0883. The van der Waals surface area contributed by atoms with E-state index in [9.17, 15) is 14.7 Å². The van der Waals surface area contributed by atoms with Crippen LogP contribution in [0.4, 0.5) is 5.82 Å². The van der Waals surface area contributed by atoms with Crippen molar-refractivity contribution in [3.8, 4) is 0 Å². The van der Waals surface area contributed by atoms with Crippen molar-refractivity contribution in [2.24, 2.45) is 5.92 Å².